The molecule has 3 aromatic rings. The zero-order valence-corrected chi connectivity index (χ0v) is 24.5. The molecule has 2 N–H and O–H groups in total. The first-order chi connectivity index (χ1) is 18.6. The summed E-state index contributed by atoms with van der Waals surface area (Å²) in [5.41, 5.74) is -3.61. The van der Waals surface area contributed by atoms with Gasteiger partial charge in [0.05, 0.1) is 17.9 Å². The maximum atomic E-state index is 15.1. The maximum Gasteiger partial charge on any atom is 0.410 e. The smallest absolute Gasteiger partial charge is 0.410 e. The molecule has 3 rings (SSSR count). The second-order valence-electron chi connectivity index (χ2n) is 9.88. The number of hydrogen-bond donors (Lipinski definition) is 2. The Balaban J connectivity index is 1.81. The number of aliphatic hydroxyl groups is 1. The van der Waals surface area contributed by atoms with Crippen LogP contribution in [0.25, 0.3) is 11.0 Å². The van der Waals surface area contributed by atoms with Crippen LogP contribution in [0.4, 0.5) is 25.0 Å². The average Bonchev–Trinajstić information content (AvgIpc) is 2.85. The number of amides is 1. The van der Waals surface area contributed by atoms with Gasteiger partial charge in [0.1, 0.15) is 42.4 Å². The number of pyridine rings is 1. The van der Waals surface area contributed by atoms with E-state index in [-0.39, 0.29) is 16.7 Å². The van der Waals surface area contributed by atoms with E-state index in [9.17, 15) is 28.7 Å². The van der Waals surface area contributed by atoms with Crippen molar-refractivity contribution in [2.75, 3.05) is 25.5 Å². The lowest BCUT2D eigenvalue weighted by atomic mass is 10.2. The first-order valence-electron chi connectivity index (χ1n) is 11.9. The van der Waals surface area contributed by atoms with Crippen molar-refractivity contribution in [3.63, 3.8) is 0 Å². The summed E-state index contributed by atoms with van der Waals surface area (Å²) < 4.78 is 42.1. The number of carbonyl (C=O) groups is 2. The topological polar surface area (TPSA) is 145 Å². The molecule has 0 fully saturated rings. The lowest BCUT2D eigenvalue weighted by Crippen LogP contribution is -2.38. The Kier molecular flexibility index (Phi) is 9.50. The third-order valence-electron chi connectivity index (χ3n) is 5.40. The van der Waals surface area contributed by atoms with Crippen molar-refractivity contribution in [1.29, 1.82) is 0 Å². The van der Waals surface area contributed by atoms with E-state index in [1.807, 2.05) is 22.6 Å². The zero-order chi connectivity index (χ0) is 29.9. The van der Waals surface area contributed by atoms with Gasteiger partial charge in [-0.1, -0.05) is 0 Å². The molecule has 2 heterocycles. The maximum absolute atomic E-state index is 15.1. The molecule has 216 valence electrons. The summed E-state index contributed by atoms with van der Waals surface area (Å²) in [7, 11) is 2.56. The van der Waals surface area contributed by atoms with Crippen molar-refractivity contribution in [3.05, 3.63) is 60.4 Å². The van der Waals surface area contributed by atoms with Gasteiger partial charge in [-0.3, -0.25) is 23.5 Å². The molecule has 2 aromatic heterocycles. The number of hydrogen-bond acceptors (Lipinski definition) is 9. The Labute approximate surface area is 240 Å². The largest absolute Gasteiger partial charge is 0.462 e. The SMILES string of the molecule is CN(CC(=O)OCC(O)Cn1cnc2c(c(Nc3ccc(I)cc3F)c(F)c(=O)n2C)c1=O)C(=O)OC(C)(C)C. The van der Waals surface area contributed by atoms with Crippen LogP contribution in [0, 0.1) is 15.2 Å². The number of aliphatic hydroxyl groups excluding tert-OH is 1. The molecule has 1 unspecified atom stereocenters. The van der Waals surface area contributed by atoms with Crippen LogP contribution in [0.3, 0.4) is 0 Å². The van der Waals surface area contributed by atoms with E-state index in [0.717, 1.165) is 20.4 Å². The molecule has 0 saturated heterocycles. The van der Waals surface area contributed by atoms with Crippen LogP contribution in [-0.4, -0.2) is 68.1 Å². The van der Waals surface area contributed by atoms with Crippen LogP contribution in [0.1, 0.15) is 20.8 Å². The van der Waals surface area contributed by atoms with Gasteiger partial charge in [0, 0.05) is 17.7 Å². The highest BCUT2D eigenvalue weighted by molar-refractivity contribution is 14.1. The first-order valence-corrected chi connectivity index (χ1v) is 12.9. The van der Waals surface area contributed by atoms with Crippen molar-refractivity contribution >= 4 is 57.1 Å². The van der Waals surface area contributed by atoms with E-state index >= 15 is 4.39 Å². The van der Waals surface area contributed by atoms with Gasteiger partial charge < -0.3 is 24.8 Å². The Morgan fingerprint density at radius 1 is 1.23 bits per heavy atom. The highest BCUT2D eigenvalue weighted by atomic mass is 127. The molecule has 0 aliphatic carbocycles. The zero-order valence-electron chi connectivity index (χ0n) is 22.3. The van der Waals surface area contributed by atoms with Crippen molar-refractivity contribution in [2.24, 2.45) is 7.05 Å². The second kappa shape index (κ2) is 12.3. The van der Waals surface area contributed by atoms with Crippen LogP contribution < -0.4 is 16.4 Å². The molecule has 15 heteroatoms. The molecule has 0 saturated carbocycles. The number of aryl methyl sites for hydroxylation is 1. The molecule has 0 bridgehead atoms. The number of likely N-dealkylation sites (N-methyl/N-ethyl adjacent to an activating group) is 1. The van der Waals surface area contributed by atoms with Crippen molar-refractivity contribution in [1.82, 2.24) is 19.0 Å². The number of carbonyl (C=O) groups excluding carboxylic acids is 2. The minimum atomic E-state index is -1.39. The quantitative estimate of drug-likeness (QED) is 0.272. The van der Waals surface area contributed by atoms with E-state index in [1.54, 1.807) is 26.8 Å². The third kappa shape index (κ3) is 7.32. The van der Waals surface area contributed by atoms with E-state index in [0.29, 0.717) is 3.57 Å². The fraction of sp³-hybridized carbons (Fsp3) is 0.400. The van der Waals surface area contributed by atoms with Crippen LogP contribution in [0.2, 0.25) is 0 Å². The fourth-order valence-corrected chi connectivity index (χ4v) is 3.95. The van der Waals surface area contributed by atoms with Crippen molar-refractivity contribution in [3.8, 4) is 0 Å². The van der Waals surface area contributed by atoms with Gasteiger partial charge in [-0.05, 0) is 61.6 Å². The molecular weight excluding hydrogens is 647 g/mol. The minimum Gasteiger partial charge on any atom is -0.462 e. The average molecular weight is 675 g/mol. The number of nitrogens with one attached hydrogen (secondary N) is 1. The predicted octanol–water partition coefficient (Wildman–Crippen LogP) is 2.49. The van der Waals surface area contributed by atoms with Gasteiger partial charge in [0.2, 0.25) is 5.82 Å². The van der Waals surface area contributed by atoms with Gasteiger partial charge in [0.15, 0.2) is 5.65 Å². The lowest BCUT2D eigenvalue weighted by Gasteiger charge is -2.24. The Morgan fingerprint density at radius 2 is 1.90 bits per heavy atom. The molecule has 1 atom stereocenters. The second-order valence-corrected chi connectivity index (χ2v) is 11.1. The normalized spacial score (nSPS) is 12.2. The van der Waals surface area contributed by atoms with Gasteiger partial charge in [0.25, 0.3) is 11.1 Å². The van der Waals surface area contributed by atoms with Gasteiger partial charge in [-0.25, -0.2) is 14.2 Å². The number of anilines is 2. The van der Waals surface area contributed by atoms with E-state index in [1.165, 1.54) is 26.2 Å². The van der Waals surface area contributed by atoms with Crippen LogP contribution in [0.15, 0.2) is 34.1 Å². The van der Waals surface area contributed by atoms with Gasteiger partial charge in [-0.15, -0.1) is 0 Å². The molecule has 40 heavy (non-hydrogen) atoms. The molecule has 0 aliphatic heterocycles. The van der Waals surface area contributed by atoms with Gasteiger partial charge in [-0.2, -0.15) is 4.39 Å². The number of esters is 1. The summed E-state index contributed by atoms with van der Waals surface area (Å²) >= 11 is 1.89. The van der Waals surface area contributed by atoms with Crippen LogP contribution in [0.5, 0.6) is 0 Å². The summed E-state index contributed by atoms with van der Waals surface area (Å²) in [5.74, 6) is -2.90. The first kappa shape index (κ1) is 30.9. The summed E-state index contributed by atoms with van der Waals surface area (Å²) in [6.45, 7) is 3.61. The summed E-state index contributed by atoms with van der Waals surface area (Å²) in [6.07, 6.45) is -1.09. The molecule has 1 aromatic carbocycles. The van der Waals surface area contributed by atoms with Crippen molar-refractivity contribution < 1.29 is 33.0 Å². The molecule has 1 amide bonds. The Morgan fingerprint density at radius 3 is 2.52 bits per heavy atom. The number of ether oxygens (including phenoxy) is 2. The Hall–Kier alpha value is -3.60. The van der Waals surface area contributed by atoms with Crippen LogP contribution in [-0.2, 0) is 27.9 Å². The van der Waals surface area contributed by atoms with Crippen LogP contribution >= 0.6 is 22.6 Å². The molecule has 12 nitrogen and oxygen atoms in total. The number of fused-ring (bicyclic) bond motifs is 1. The van der Waals surface area contributed by atoms with E-state index in [4.69, 9.17) is 9.47 Å². The number of benzene rings is 1. The number of nitrogens with zero attached hydrogens (tertiary/aromatic N) is 4. The number of halogens is 3. The monoisotopic (exact) mass is 675 g/mol. The molecule has 0 spiro atoms. The summed E-state index contributed by atoms with van der Waals surface area (Å²) in [4.78, 5) is 54.9. The standard InChI is InChI=1S/C25H28F2IN5O7/c1-25(2,3)40-24(38)31(4)10-17(35)39-11-14(34)9-33-12-29-21-18(22(33)36)20(19(27)23(37)32(21)5)30-16-7-6-13(28)8-15(16)26/h6-8,12,14,30,34H,9-11H2,1-5H3. The van der Waals surface area contributed by atoms with E-state index < -0.39 is 71.9 Å². The minimum absolute atomic E-state index is 0.174. The Bertz CT molecular complexity index is 1570. The fourth-order valence-electron chi connectivity index (χ4n) is 3.50. The number of aromatic nitrogens is 3. The summed E-state index contributed by atoms with van der Waals surface area (Å²) in [5, 5.41) is 12.5. The van der Waals surface area contributed by atoms with Gasteiger partial charge >= 0.3 is 12.1 Å². The highest BCUT2D eigenvalue weighted by Gasteiger charge is 2.24. The molecular formula is C25H28F2IN5O7. The third-order valence-corrected chi connectivity index (χ3v) is 6.07. The summed E-state index contributed by atoms with van der Waals surface area (Å²) in [6, 6.07) is 4.06. The van der Waals surface area contributed by atoms with E-state index in [2.05, 4.69) is 10.3 Å². The number of rotatable bonds is 8. The molecule has 0 radical (unpaired) electrons. The predicted molar refractivity (Wildman–Crippen MR) is 149 cm³/mol. The lowest BCUT2D eigenvalue weighted by molar-refractivity contribution is -0.147. The van der Waals surface area contributed by atoms with Crippen molar-refractivity contribution in [2.45, 2.75) is 39.0 Å². The highest BCUT2D eigenvalue weighted by Crippen LogP contribution is 2.26. The molecule has 0 aliphatic rings.